The molecule has 124 valence electrons. The number of benzene rings is 2. The van der Waals surface area contributed by atoms with Crippen LogP contribution in [0.3, 0.4) is 0 Å². The lowest BCUT2D eigenvalue weighted by Crippen LogP contribution is -2.10. The lowest BCUT2D eigenvalue weighted by atomic mass is 10.1. The van der Waals surface area contributed by atoms with E-state index in [2.05, 4.69) is 5.32 Å². The summed E-state index contributed by atoms with van der Waals surface area (Å²) in [5.74, 6) is -1.14. The number of carbonyl (C=O) groups is 2. The average Bonchev–Trinajstić information content (AvgIpc) is 2.60. The van der Waals surface area contributed by atoms with Gasteiger partial charge in [0.1, 0.15) is 11.3 Å². The van der Waals surface area contributed by atoms with Crippen LogP contribution in [0.1, 0.15) is 29.3 Å². The highest BCUT2D eigenvalue weighted by molar-refractivity contribution is 6.03. The number of amides is 1. The van der Waals surface area contributed by atoms with Crippen molar-refractivity contribution >= 4 is 23.6 Å². The van der Waals surface area contributed by atoms with E-state index in [1.165, 1.54) is 24.3 Å². The Bertz CT molecular complexity index is 738. The van der Waals surface area contributed by atoms with E-state index in [1.54, 1.807) is 6.08 Å². The maximum absolute atomic E-state index is 11.9. The van der Waals surface area contributed by atoms with Crippen molar-refractivity contribution in [3.05, 3.63) is 65.7 Å². The molecule has 0 saturated heterocycles. The van der Waals surface area contributed by atoms with Crippen molar-refractivity contribution in [2.75, 3.05) is 11.9 Å². The van der Waals surface area contributed by atoms with Crippen LogP contribution in [0.5, 0.6) is 5.75 Å². The van der Waals surface area contributed by atoms with Gasteiger partial charge in [-0.05, 0) is 36.3 Å². The van der Waals surface area contributed by atoms with Crippen LogP contribution in [0, 0.1) is 0 Å². The highest BCUT2D eigenvalue weighted by Crippen LogP contribution is 2.22. The van der Waals surface area contributed by atoms with Crippen molar-refractivity contribution in [2.24, 2.45) is 0 Å². The Kier molecular flexibility index (Phi) is 6.14. The summed E-state index contributed by atoms with van der Waals surface area (Å²) >= 11 is 0. The summed E-state index contributed by atoms with van der Waals surface area (Å²) in [4.78, 5) is 23.8. The number of ether oxygens (including phenoxy) is 1. The molecule has 0 saturated carbocycles. The van der Waals surface area contributed by atoms with Crippen LogP contribution in [0.15, 0.2) is 54.6 Å². The highest BCUT2D eigenvalue weighted by Gasteiger charge is 2.13. The Morgan fingerprint density at radius 1 is 1.17 bits per heavy atom. The first kappa shape index (κ1) is 17.3. The number of phenolic OH excluding ortho intramolecular Hbond substituents is 1. The molecule has 2 aromatic rings. The predicted molar refractivity (Wildman–Crippen MR) is 92.8 cm³/mol. The lowest BCUT2D eigenvalue weighted by Gasteiger charge is -2.08. The predicted octanol–water partition coefficient (Wildman–Crippen LogP) is 3.61. The molecule has 0 aromatic heterocycles. The van der Waals surface area contributed by atoms with Crippen molar-refractivity contribution in [3.8, 4) is 5.75 Å². The summed E-state index contributed by atoms with van der Waals surface area (Å²) in [7, 11) is 0. The molecule has 0 bridgehead atoms. The Morgan fingerprint density at radius 3 is 2.62 bits per heavy atom. The van der Waals surface area contributed by atoms with Gasteiger partial charge in [0.25, 0.3) is 0 Å². The van der Waals surface area contributed by atoms with Crippen molar-refractivity contribution < 1.29 is 19.4 Å². The van der Waals surface area contributed by atoms with Crippen LogP contribution in [0.25, 0.3) is 6.08 Å². The summed E-state index contributed by atoms with van der Waals surface area (Å²) in [6, 6.07) is 13.7. The van der Waals surface area contributed by atoms with Gasteiger partial charge in [-0.25, -0.2) is 4.79 Å². The summed E-state index contributed by atoms with van der Waals surface area (Å²) in [5, 5.41) is 12.4. The van der Waals surface area contributed by atoms with Gasteiger partial charge in [-0.3, -0.25) is 4.79 Å². The number of anilines is 1. The minimum absolute atomic E-state index is 0.0216. The van der Waals surface area contributed by atoms with Gasteiger partial charge in [-0.1, -0.05) is 37.3 Å². The van der Waals surface area contributed by atoms with Gasteiger partial charge < -0.3 is 15.2 Å². The lowest BCUT2D eigenvalue weighted by molar-refractivity contribution is -0.111. The molecule has 0 heterocycles. The first-order valence-electron chi connectivity index (χ1n) is 7.64. The van der Waals surface area contributed by atoms with Crippen LogP contribution in [-0.4, -0.2) is 23.6 Å². The van der Waals surface area contributed by atoms with E-state index in [0.29, 0.717) is 12.1 Å². The van der Waals surface area contributed by atoms with E-state index in [4.69, 9.17) is 4.74 Å². The standard InChI is InChI=1S/C19H19NO4/c1-2-12-24-19(23)16-13-15(9-10-17(16)21)20-18(22)11-8-14-6-4-3-5-7-14/h3-11,13,21H,2,12H2,1H3,(H,20,22)/b11-8+. The molecule has 0 aliphatic heterocycles. The molecule has 0 aliphatic rings. The number of rotatable bonds is 6. The summed E-state index contributed by atoms with van der Waals surface area (Å²) in [6.45, 7) is 2.15. The van der Waals surface area contributed by atoms with Gasteiger partial charge in [-0.2, -0.15) is 0 Å². The number of hydrogen-bond donors (Lipinski definition) is 2. The highest BCUT2D eigenvalue weighted by atomic mass is 16.5. The fourth-order valence-corrected chi connectivity index (χ4v) is 1.97. The Morgan fingerprint density at radius 2 is 1.92 bits per heavy atom. The molecule has 0 unspecified atom stereocenters. The molecule has 2 aromatic carbocycles. The normalized spacial score (nSPS) is 10.5. The van der Waals surface area contributed by atoms with E-state index in [9.17, 15) is 14.7 Å². The molecule has 0 radical (unpaired) electrons. The zero-order chi connectivity index (χ0) is 17.4. The smallest absolute Gasteiger partial charge is 0.341 e. The first-order chi connectivity index (χ1) is 11.6. The number of phenols is 1. The van der Waals surface area contributed by atoms with E-state index < -0.39 is 5.97 Å². The van der Waals surface area contributed by atoms with Crippen LogP contribution < -0.4 is 5.32 Å². The van der Waals surface area contributed by atoms with E-state index >= 15 is 0 Å². The van der Waals surface area contributed by atoms with E-state index in [0.717, 1.165) is 5.56 Å². The van der Waals surface area contributed by atoms with Crippen LogP contribution in [0.4, 0.5) is 5.69 Å². The summed E-state index contributed by atoms with van der Waals surface area (Å²) < 4.78 is 5.00. The molecule has 5 nitrogen and oxygen atoms in total. The summed E-state index contributed by atoms with van der Waals surface area (Å²) in [5.41, 5.74) is 1.33. The molecular weight excluding hydrogens is 306 g/mol. The third-order valence-corrected chi connectivity index (χ3v) is 3.15. The number of hydrogen-bond acceptors (Lipinski definition) is 4. The van der Waals surface area contributed by atoms with Gasteiger partial charge >= 0.3 is 5.97 Å². The Hall–Kier alpha value is -3.08. The number of esters is 1. The topological polar surface area (TPSA) is 75.6 Å². The Labute approximate surface area is 140 Å². The molecule has 0 fully saturated rings. The Balaban J connectivity index is 2.05. The average molecular weight is 325 g/mol. The molecule has 2 N–H and O–H groups in total. The van der Waals surface area contributed by atoms with Crippen LogP contribution in [0.2, 0.25) is 0 Å². The van der Waals surface area contributed by atoms with Gasteiger partial charge in [0.05, 0.1) is 6.61 Å². The summed E-state index contributed by atoms with van der Waals surface area (Å²) in [6.07, 6.45) is 3.77. The van der Waals surface area contributed by atoms with Gasteiger partial charge in [0.15, 0.2) is 0 Å². The number of aromatic hydroxyl groups is 1. The zero-order valence-corrected chi connectivity index (χ0v) is 13.4. The monoisotopic (exact) mass is 325 g/mol. The maximum atomic E-state index is 11.9. The van der Waals surface area contributed by atoms with Crippen LogP contribution >= 0.6 is 0 Å². The van der Waals surface area contributed by atoms with Crippen LogP contribution in [-0.2, 0) is 9.53 Å². The molecule has 0 atom stereocenters. The molecule has 0 aliphatic carbocycles. The fourth-order valence-electron chi connectivity index (χ4n) is 1.97. The number of nitrogens with one attached hydrogen (secondary N) is 1. The first-order valence-corrected chi connectivity index (χ1v) is 7.64. The quantitative estimate of drug-likeness (QED) is 0.483. The van der Waals surface area contributed by atoms with Gasteiger partial charge in [-0.15, -0.1) is 0 Å². The van der Waals surface area contributed by atoms with E-state index in [-0.39, 0.29) is 23.8 Å². The third-order valence-electron chi connectivity index (χ3n) is 3.15. The largest absolute Gasteiger partial charge is 0.507 e. The van der Waals surface area contributed by atoms with Gasteiger partial charge in [0, 0.05) is 11.8 Å². The van der Waals surface area contributed by atoms with E-state index in [1.807, 2.05) is 37.3 Å². The fraction of sp³-hybridized carbons (Fsp3) is 0.158. The molecule has 2 rings (SSSR count). The zero-order valence-electron chi connectivity index (χ0n) is 13.4. The second kappa shape index (κ2) is 8.53. The molecule has 1 amide bonds. The molecule has 0 spiro atoms. The third kappa shape index (κ3) is 4.98. The second-order valence-corrected chi connectivity index (χ2v) is 5.10. The SMILES string of the molecule is CCCOC(=O)c1cc(NC(=O)/C=C/c2ccccc2)ccc1O. The molecule has 5 heteroatoms. The molecule has 24 heavy (non-hydrogen) atoms. The maximum Gasteiger partial charge on any atom is 0.341 e. The van der Waals surface area contributed by atoms with Crippen molar-refractivity contribution in [3.63, 3.8) is 0 Å². The second-order valence-electron chi connectivity index (χ2n) is 5.10. The molecular formula is C19H19NO4. The number of carbonyl (C=O) groups excluding carboxylic acids is 2. The van der Waals surface area contributed by atoms with Crippen molar-refractivity contribution in [1.82, 2.24) is 0 Å². The minimum atomic E-state index is -0.620. The minimum Gasteiger partial charge on any atom is -0.507 e. The van der Waals surface area contributed by atoms with Crippen molar-refractivity contribution in [2.45, 2.75) is 13.3 Å². The van der Waals surface area contributed by atoms with Crippen molar-refractivity contribution in [1.29, 1.82) is 0 Å². The van der Waals surface area contributed by atoms with Gasteiger partial charge in [0.2, 0.25) is 5.91 Å².